The number of carbonyl (C=O) groups excluding carboxylic acids is 1. The number of hydrogen-bond acceptors (Lipinski definition) is 6. The summed E-state index contributed by atoms with van der Waals surface area (Å²) in [6.45, 7) is 4.39. The van der Waals surface area contributed by atoms with Crippen molar-refractivity contribution in [3.63, 3.8) is 0 Å². The summed E-state index contributed by atoms with van der Waals surface area (Å²) in [5, 5.41) is 14.1. The third-order valence-electron chi connectivity index (χ3n) is 3.55. The highest BCUT2D eigenvalue weighted by Crippen LogP contribution is 2.34. The number of nitro benzene ring substituents is 1. The maximum absolute atomic E-state index is 12.5. The second-order valence-corrected chi connectivity index (χ2v) is 5.26. The summed E-state index contributed by atoms with van der Waals surface area (Å²) in [6, 6.07) is 2.31. The molecule has 0 radical (unpaired) electrons. The molecule has 0 saturated carbocycles. The minimum Gasteiger partial charge on any atom is -0.493 e. The number of methoxy groups -OCH3 is 1. The van der Waals surface area contributed by atoms with Crippen LogP contribution in [0.4, 0.5) is 5.69 Å². The Bertz CT molecular complexity index is 577. The number of nitrogens with one attached hydrogen (secondary N) is 1. The fourth-order valence-electron chi connectivity index (χ4n) is 2.27. The van der Waals surface area contributed by atoms with Crippen molar-refractivity contribution in [1.29, 1.82) is 0 Å². The van der Waals surface area contributed by atoms with Crippen molar-refractivity contribution in [2.45, 2.75) is 39.2 Å². The summed E-state index contributed by atoms with van der Waals surface area (Å²) in [4.78, 5) is 23.2. The van der Waals surface area contributed by atoms with Crippen molar-refractivity contribution in [3.8, 4) is 11.5 Å². The molecular formula is C16H25N3O5. The van der Waals surface area contributed by atoms with E-state index < -0.39 is 10.8 Å². The zero-order valence-electron chi connectivity index (χ0n) is 14.3. The standard InChI is InChI=1S/C16H25N3O5/c1-4-6-7-11(10-17)18-16(20)12-8-14(23-3)15(24-5-2)9-13(12)19(21)22/h8-9,11H,4-7,10,17H2,1-3H3,(H,18,20). The van der Waals surface area contributed by atoms with E-state index in [1.165, 1.54) is 19.2 Å². The van der Waals surface area contributed by atoms with E-state index in [1.807, 2.05) is 6.92 Å². The van der Waals surface area contributed by atoms with Crippen molar-refractivity contribution in [3.05, 3.63) is 27.8 Å². The number of ether oxygens (including phenoxy) is 2. The van der Waals surface area contributed by atoms with Crippen molar-refractivity contribution in [1.82, 2.24) is 5.32 Å². The van der Waals surface area contributed by atoms with Crippen LogP contribution in [0.1, 0.15) is 43.5 Å². The van der Waals surface area contributed by atoms with E-state index >= 15 is 0 Å². The minimum absolute atomic E-state index is 0.0738. The highest BCUT2D eigenvalue weighted by molar-refractivity contribution is 5.99. The fraction of sp³-hybridized carbons (Fsp3) is 0.562. The van der Waals surface area contributed by atoms with Crippen LogP contribution in [0.5, 0.6) is 11.5 Å². The van der Waals surface area contributed by atoms with Gasteiger partial charge < -0.3 is 20.5 Å². The third kappa shape index (κ3) is 5.09. The molecule has 0 fully saturated rings. The number of benzene rings is 1. The molecule has 0 spiro atoms. The highest BCUT2D eigenvalue weighted by Gasteiger charge is 2.25. The van der Waals surface area contributed by atoms with Crippen molar-refractivity contribution in [2.75, 3.05) is 20.3 Å². The van der Waals surface area contributed by atoms with Crippen LogP contribution in [0.2, 0.25) is 0 Å². The van der Waals surface area contributed by atoms with E-state index in [4.69, 9.17) is 15.2 Å². The zero-order valence-corrected chi connectivity index (χ0v) is 14.3. The van der Waals surface area contributed by atoms with Crippen molar-refractivity contribution < 1.29 is 19.2 Å². The lowest BCUT2D eigenvalue weighted by Gasteiger charge is -2.17. The molecule has 0 aliphatic rings. The van der Waals surface area contributed by atoms with Crippen LogP contribution in [0.25, 0.3) is 0 Å². The molecule has 24 heavy (non-hydrogen) atoms. The molecule has 0 aliphatic carbocycles. The van der Waals surface area contributed by atoms with E-state index in [1.54, 1.807) is 6.92 Å². The number of nitrogens with two attached hydrogens (primary N) is 1. The van der Waals surface area contributed by atoms with Crippen molar-refractivity contribution >= 4 is 11.6 Å². The molecule has 8 nitrogen and oxygen atoms in total. The van der Waals surface area contributed by atoms with Gasteiger partial charge in [-0.25, -0.2) is 0 Å². The first-order valence-electron chi connectivity index (χ1n) is 7.98. The smallest absolute Gasteiger partial charge is 0.286 e. The molecule has 1 amide bonds. The molecule has 1 aromatic rings. The molecule has 1 rings (SSSR count). The first-order chi connectivity index (χ1) is 11.5. The number of hydrogen-bond donors (Lipinski definition) is 2. The molecule has 0 bridgehead atoms. The largest absolute Gasteiger partial charge is 0.493 e. The Balaban J connectivity index is 3.15. The van der Waals surface area contributed by atoms with Gasteiger partial charge in [0.1, 0.15) is 5.56 Å². The van der Waals surface area contributed by atoms with Gasteiger partial charge in [-0.15, -0.1) is 0 Å². The highest BCUT2D eigenvalue weighted by atomic mass is 16.6. The molecule has 1 unspecified atom stereocenters. The van der Waals surface area contributed by atoms with Gasteiger partial charge in [-0.3, -0.25) is 14.9 Å². The summed E-state index contributed by atoms with van der Waals surface area (Å²) >= 11 is 0. The molecule has 134 valence electrons. The second kappa shape index (κ2) is 9.71. The van der Waals surface area contributed by atoms with Crippen LogP contribution in [-0.4, -0.2) is 37.1 Å². The van der Waals surface area contributed by atoms with Crippen LogP contribution < -0.4 is 20.5 Å². The molecule has 0 aliphatic heterocycles. The van der Waals surface area contributed by atoms with Gasteiger partial charge in [0.25, 0.3) is 11.6 Å². The molecule has 3 N–H and O–H groups in total. The van der Waals surface area contributed by atoms with Gasteiger partial charge in [0, 0.05) is 18.7 Å². The van der Waals surface area contributed by atoms with Crippen molar-refractivity contribution in [2.24, 2.45) is 5.73 Å². The van der Waals surface area contributed by atoms with Crippen LogP contribution in [-0.2, 0) is 0 Å². The average molecular weight is 339 g/mol. The summed E-state index contributed by atoms with van der Waals surface area (Å²) in [5.74, 6) is -0.0512. The predicted molar refractivity (Wildman–Crippen MR) is 90.7 cm³/mol. The molecule has 0 heterocycles. The lowest BCUT2D eigenvalue weighted by Crippen LogP contribution is -2.40. The van der Waals surface area contributed by atoms with Gasteiger partial charge in [-0.2, -0.15) is 0 Å². The van der Waals surface area contributed by atoms with E-state index in [9.17, 15) is 14.9 Å². The molecule has 1 atom stereocenters. The normalized spacial score (nSPS) is 11.7. The lowest BCUT2D eigenvalue weighted by molar-refractivity contribution is -0.385. The topological polar surface area (TPSA) is 117 Å². The van der Waals surface area contributed by atoms with Gasteiger partial charge in [0.2, 0.25) is 0 Å². The summed E-state index contributed by atoms with van der Waals surface area (Å²) < 4.78 is 10.5. The number of carbonyl (C=O) groups is 1. The van der Waals surface area contributed by atoms with Gasteiger partial charge in [-0.05, 0) is 13.3 Å². The number of nitro groups is 1. The zero-order chi connectivity index (χ0) is 18.1. The van der Waals surface area contributed by atoms with Gasteiger partial charge in [0.15, 0.2) is 11.5 Å². The van der Waals surface area contributed by atoms with Crippen LogP contribution in [0.15, 0.2) is 12.1 Å². The van der Waals surface area contributed by atoms with Gasteiger partial charge in [0.05, 0.1) is 24.7 Å². The average Bonchev–Trinajstić information content (AvgIpc) is 2.58. The number of rotatable bonds is 10. The molecular weight excluding hydrogens is 314 g/mol. The van der Waals surface area contributed by atoms with E-state index in [0.717, 1.165) is 19.3 Å². The summed E-state index contributed by atoms with van der Waals surface area (Å²) in [7, 11) is 1.41. The molecule has 0 aromatic heterocycles. The van der Waals surface area contributed by atoms with Gasteiger partial charge in [-0.1, -0.05) is 19.8 Å². The van der Waals surface area contributed by atoms with Crippen LogP contribution in [0.3, 0.4) is 0 Å². The summed E-state index contributed by atoms with van der Waals surface area (Å²) in [5.41, 5.74) is 5.26. The Morgan fingerprint density at radius 3 is 2.58 bits per heavy atom. The number of amides is 1. The molecule has 0 saturated heterocycles. The predicted octanol–water partition coefficient (Wildman–Crippen LogP) is 2.25. The Labute approximate surface area is 141 Å². The number of nitrogens with zero attached hydrogens (tertiary/aromatic N) is 1. The first-order valence-corrected chi connectivity index (χ1v) is 7.98. The van der Waals surface area contributed by atoms with E-state index in [2.05, 4.69) is 5.32 Å². The Hall–Kier alpha value is -2.35. The Morgan fingerprint density at radius 1 is 1.38 bits per heavy atom. The third-order valence-corrected chi connectivity index (χ3v) is 3.55. The lowest BCUT2D eigenvalue weighted by atomic mass is 10.1. The van der Waals surface area contributed by atoms with Gasteiger partial charge >= 0.3 is 0 Å². The SMILES string of the molecule is CCCCC(CN)NC(=O)c1cc(OC)c(OCC)cc1[N+](=O)[O-]. The van der Waals surface area contributed by atoms with Crippen LogP contribution in [0, 0.1) is 10.1 Å². The van der Waals surface area contributed by atoms with Crippen LogP contribution >= 0.6 is 0 Å². The Morgan fingerprint density at radius 2 is 2.08 bits per heavy atom. The fourth-order valence-corrected chi connectivity index (χ4v) is 2.27. The minimum atomic E-state index is -0.611. The quantitative estimate of drug-likeness (QED) is 0.499. The maximum Gasteiger partial charge on any atom is 0.286 e. The van der Waals surface area contributed by atoms with E-state index in [-0.39, 0.29) is 35.3 Å². The Kier molecular flexibility index (Phi) is 7.97. The summed E-state index contributed by atoms with van der Waals surface area (Å²) in [6.07, 6.45) is 2.61. The van der Waals surface area contributed by atoms with E-state index in [0.29, 0.717) is 6.61 Å². The molecule has 1 aromatic carbocycles. The first kappa shape index (κ1) is 19.7. The number of unbranched alkanes of at least 4 members (excludes halogenated alkanes) is 1. The molecule has 8 heteroatoms. The second-order valence-electron chi connectivity index (χ2n) is 5.26. The monoisotopic (exact) mass is 339 g/mol. The maximum atomic E-state index is 12.5.